The van der Waals surface area contributed by atoms with Gasteiger partial charge in [-0.15, -0.1) is 6.58 Å². The maximum atomic E-state index is 14.4. The molecule has 0 atom stereocenters. The third kappa shape index (κ3) is 2.67. The maximum Gasteiger partial charge on any atom is 0.225 e. The monoisotopic (exact) mass is 310 g/mol. The summed E-state index contributed by atoms with van der Waals surface area (Å²) in [7, 11) is 0. The lowest BCUT2D eigenvalue weighted by molar-refractivity contribution is 0.438. The van der Waals surface area contributed by atoms with E-state index in [2.05, 4.69) is 16.4 Å². The molecule has 0 aliphatic heterocycles. The lowest BCUT2D eigenvalue weighted by Gasteiger charge is -2.13. The zero-order valence-electron chi connectivity index (χ0n) is 12.1. The Hall–Kier alpha value is -3.13. The number of halogens is 2. The van der Waals surface area contributed by atoms with Crippen molar-refractivity contribution in [1.29, 1.82) is 0 Å². The van der Waals surface area contributed by atoms with E-state index in [1.807, 2.05) is 6.07 Å². The van der Waals surface area contributed by atoms with E-state index in [4.69, 9.17) is 11.3 Å². The molecule has 2 aromatic carbocycles. The van der Waals surface area contributed by atoms with Crippen molar-refractivity contribution in [2.24, 2.45) is 0 Å². The fraction of sp³-hybridized carbons (Fsp3) is 0.0556. The Morgan fingerprint density at radius 2 is 2.04 bits per heavy atom. The largest absolute Gasteiger partial charge is 0.455 e. The summed E-state index contributed by atoms with van der Waals surface area (Å²) < 4.78 is 33.4. The van der Waals surface area contributed by atoms with Gasteiger partial charge in [0.2, 0.25) is 5.69 Å². The second-order valence-electron chi connectivity index (χ2n) is 4.92. The maximum absolute atomic E-state index is 14.4. The van der Waals surface area contributed by atoms with Crippen LogP contribution in [0.25, 0.3) is 15.7 Å². The van der Waals surface area contributed by atoms with Crippen molar-refractivity contribution < 1.29 is 13.5 Å². The molecule has 0 unspecified atom stereocenters. The number of benzene rings is 2. The van der Waals surface area contributed by atoms with Crippen LogP contribution < -0.4 is 4.74 Å². The molecule has 0 radical (unpaired) electrons. The Morgan fingerprint density at radius 3 is 2.78 bits per heavy atom. The van der Waals surface area contributed by atoms with Crippen LogP contribution in [0.3, 0.4) is 0 Å². The molecule has 3 aromatic rings. The first-order valence-corrected chi connectivity index (χ1v) is 6.88. The third-order valence-corrected chi connectivity index (χ3v) is 3.47. The number of allylic oxidation sites excluding steroid dienone is 1. The van der Waals surface area contributed by atoms with E-state index in [1.165, 1.54) is 18.2 Å². The van der Waals surface area contributed by atoms with Crippen molar-refractivity contribution in [1.82, 2.24) is 4.98 Å². The Kier molecular flexibility index (Phi) is 3.82. The summed E-state index contributed by atoms with van der Waals surface area (Å²) in [6.07, 6.45) is 3.79. The third-order valence-electron chi connectivity index (χ3n) is 3.47. The molecule has 0 spiro atoms. The normalized spacial score (nSPS) is 10.5. The smallest absolute Gasteiger partial charge is 0.225 e. The number of ether oxygens (including phenoxy) is 1. The molecule has 1 heterocycles. The molecule has 0 aliphatic rings. The molecule has 0 saturated carbocycles. The van der Waals surface area contributed by atoms with Crippen LogP contribution in [0.5, 0.6) is 11.5 Å². The topological polar surface area (TPSA) is 29.4 Å². The molecule has 3 nitrogen and oxygen atoms in total. The van der Waals surface area contributed by atoms with Crippen molar-refractivity contribution in [3.8, 4) is 11.5 Å². The van der Waals surface area contributed by atoms with Crippen LogP contribution in [0.4, 0.5) is 14.5 Å². The molecule has 0 amide bonds. The minimum absolute atomic E-state index is 0.0551. The highest BCUT2D eigenvalue weighted by Crippen LogP contribution is 2.36. The molecule has 0 bridgehead atoms. The van der Waals surface area contributed by atoms with Crippen LogP contribution in [0.15, 0.2) is 49.2 Å². The standard InChI is InChI=1S/C18H12F2N2O/c1-3-4-13-12-7-8-22-16(12)10-15(20)18(13)23-11-5-6-14(19)17(9-11)21-2/h3,5-10,22H,1,4H2. The first-order chi connectivity index (χ1) is 11.1. The fourth-order valence-corrected chi connectivity index (χ4v) is 2.44. The van der Waals surface area contributed by atoms with Gasteiger partial charge in [-0.3, -0.25) is 0 Å². The summed E-state index contributed by atoms with van der Waals surface area (Å²) in [5.41, 5.74) is 1.13. The SMILES string of the molecule is [C-]#[N+]c1cc(Oc2c(F)cc3[nH]ccc3c2CC=C)ccc1F. The number of nitrogens with one attached hydrogen (secondary N) is 1. The van der Waals surface area contributed by atoms with E-state index in [9.17, 15) is 8.78 Å². The van der Waals surface area contributed by atoms with E-state index < -0.39 is 11.6 Å². The molecule has 3 rings (SSSR count). The second kappa shape index (κ2) is 5.93. The molecular weight excluding hydrogens is 298 g/mol. The minimum Gasteiger partial charge on any atom is -0.455 e. The van der Waals surface area contributed by atoms with Crippen molar-refractivity contribution >= 4 is 16.6 Å². The molecular formula is C18H12F2N2O. The van der Waals surface area contributed by atoms with Gasteiger partial charge in [-0.05, 0) is 30.7 Å². The number of H-pyrrole nitrogens is 1. The highest BCUT2D eigenvalue weighted by Gasteiger charge is 2.16. The van der Waals surface area contributed by atoms with E-state index >= 15 is 0 Å². The molecule has 0 saturated heterocycles. The lowest BCUT2D eigenvalue weighted by Crippen LogP contribution is -1.96. The predicted molar refractivity (Wildman–Crippen MR) is 84.9 cm³/mol. The van der Waals surface area contributed by atoms with Gasteiger partial charge in [0.1, 0.15) is 11.6 Å². The van der Waals surface area contributed by atoms with E-state index in [1.54, 1.807) is 12.3 Å². The van der Waals surface area contributed by atoms with Gasteiger partial charge in [0, 0.05) is 28.7 Å². The van der Waals surface area contributed by atoms with Gasteiger partial charge in [-0.1, -0.05) is 6.08 Å². The molecule has 114 valence electrons. The predicted octanol–water partition coefficient (Wildman–Crippen LogP) is 5.52. The Labute approximate surface area is 131 Å². The van der Waals surface area contributed by atoms with E-state index in [0.29, 0.717) is 17.5 Å². The van der Waals surface area contributed by atoms with Crippen molar-refractivity contribution in [2.45, 2.75) is 6.42 Å². The van der Waals surface area contributed by atoms with Crippen molar-refractivity contribution in [2.75, 3.05) is 0 Å². The van der Waals surface area contributed by atoms with Crippen LogP contribution in [0.1, 0.15) is 5.56 Å². The number of rotatable bonds is 4. The van der Waals surface area contributed by atoms with Crippen LogP contribution in [0, 0.1) is 18.2 Å². The van der Waals surface area contributed by atoms with Gasteiger partial charge in [0.25, 0.3) is 0 Å². The lowest BCUT2D eigenvalue weighted by atomic mass is 10.1. The minimum atomic E-state index is -0.639. The molecule has 23 heavy (non-hydrogen) atoms. The Morgan fingerprint density at radius 1 is 1.22 bits per heavy atom. The molecule has 1 aromatic heterocycles. The van der Waals surface area contributed by atoms with Gasteiger partial charge in [0.05, 0.1) is 6.57 Å². The van der Waals surface area contributed by atoms with Crippen LogP contribution in [-0.2, 0) is 6.42 Å². The summed E-state index contributed by atoms with van der Waals surface area (Å²) in [5, 5.41) is 0.828. The highest BCUT2D eigenvalue weighted by molar-refractivity contribution is 5.86. The number of hydrogen-bond acceptors (Lipinski definition) is 1. The van der Waals surface area contributed by atoms with Crippen LogP contribution >= 0.6 is 0 Å². The van der Waals surface area contributed by atoms with Gasteiger partial charge < -0.3 is 9.72 Å². The first-order valence-electron chi connectivity index (χ1n) is 6.88. The van der Waals surface area contributed by atoms with Crippen molar-refractivity contribution in [3.63, 3.8) is 0 Å². The van der Waals surface area contributed by atoms with E-state index in [-0.39, 0.29) is 17.2 Å². The summed E-state index contributed by atoms with van der Waals surface area (Å²) in [6.45, 7) is 10.6. The average Bonchev–Trinajstić information content (AvgIpc) is 3.00. The number of aromatic nitrogens is 1. The second-order valence-corrected chi connectivity index (χ2v) is 4.92. The zero-order chi connectivity index (χ0) is 16.4. The molecule has 0 fully saturated rings. The van der Waals surface area contributed by atoms with Crippen molar-refractivity contribution in [3.05, 3.63) is 77.8 Å². The summed E-state index contributed by atoms with van der Waals surface area (Å²) in [5.74, 6) is -0.915. The fourth-order valence-electron chi connectivity index (χ4n) is 2.44. The highest BCUT2D eigenvalue weighted by atomic mass is 19.1. The van der Waals surface area contributed by atoms with Crippen LogP contribution in [0.2, 0.25) is 0 Å². The Bertz CT molecular complexity index is 938. The summed E-state index contributed by atoms with van der Waals surface area (Å²) in [4.78, 5) is 6.03. The van der Waals surface area contributed by atoms with Gasteiger partial charge in [-0.2, -0.15) is 0 Å². The van der Waals surface area contributed by atoms with Crippen LogP contribution in [-0.4, -0.2) is 4.98 Å². The zero-order valence-corrected chi connectivity index (χ0v) is 12.1. The van der Waals surface area contributed by atoms with E-state index in [0.717, 1.165) is 11.5 Å². The molecule has 0 aliphatic carbocycles. The Balaban J connectivity index is 2.12. The summed E-state index contributed by atoms with van der Waals surface area (Å²) >= 11 is 0. The average molecular weight is 310 g/mol. The van der Waals surface area contributed by atoms with Gasteiger partial charge in [0.15, 0.2) is 11.6 Å². The number of aromatic amines is 1. The summed E-state index contributed by atoms with van der Waals surface area (Å²) in [6, 6.07) is 6.91. The molecule has 5 heteroatoms. The number of fused-ring (bicyclic) bond motifs is 1. The first kappa shape index (κ1) is 14.8. The quantitative estimate of drug-likeness (QED) is 0.499. The number of hydrogen-bond donors (Lipinski definition) is 1. The van der Waals surface area contributed by atoms with Gasteiger partial charge >= 0.3 is 0 Å². The van der Waals surface area contributed by atoms with Gasteiger partial charge in [-0.25, -0.2) is 13.6 Å². The number of nitrogens with zero attached hydrogens (tertiary/aromatic N) is 1. The molecule has 1 N–H and O–H groups in total.